The van der Waals surface area contributed by atoms with Crippen molar-refractivity contribution in [3.05, 3.63) is 0 Å². The Kier molecular flexibility index (Phi) is 13.5. The Hall–Kier alpha value is -0.390. The highest BCUT2D eigenvalue weighted by Crippen LogP contribution is 1.89. The average Bonchev–Trinajstić information content (AvgIpc) is 2.03. The van der Waals surface area contributed by atoms with Gasteiger partial charge in [-0.1, -0.05) is 0 Å². The maximum absolute atomic E-state index is 10.2. The normalized spacial score (nSPS) is 8.62. The van der Waals surface area contributed by atoms with Gasteiger partial charge in [0.25, 0.3) is 0 Å². The van der Waals surface area contributed by atoms with Crippen LogP contribution in [0.4, 0.5) is 0 Å². The molecule has 0 heterocycles. The first-order chi connectivity index (χ1) is 6.04. The van der Waals surface area contributed by atoms with E-state index in [9.17, 15) is 9.59 Å². The van der Waals surface area contributed by atoms with Crippen LogP contribution in [0.3, 0.4) is 0 Å². The second-order valence-corrected chi connectivity index (χ2v) is 2.95. The van der Waals surface area contributed by atoms with Crippen molar-refractivity contribution < 1.29 is 14.4 Å². The van der Waals surface area contributed by atoms with Gasteiger partial charge < -0.3 is 14.4 Å². The van der Waals surface area contributed by atoms with Gasteiger partial charge in [-0.25, -0.2) is 5.90 Å². The van der Waals surface area contributed by atoms with Gasteiger partial charge in [-0.3, -0.25) is 0 Å². The molecule has 0 spiro atoms. The van der Waals surface area contributed by atoms with Crippen LogP contribution < -0.4 is 5.90 Å². The third-order valence-electron chi connectivity index (χ3n) is 1.04. The number of hydrogen-bond acceptors (Lipinski definition) is 5. The Morgan fingerprint density at radius 2 is 1.62 bits per heavy atom. The van der Waals surface area contributed by atoms with Crippen LogP contribution in [0.25, 0.3) is 0 Å². The number of thiol groups is 1. The summed E-state index contributed by atoms with van der Waals surface area (Å²) in [6.45, 7) is 3.51. The lowest BCUT2D eigenvalue weighted by molar-refractivity contribution is -0.122. The van der Waals surface area contributed by atoms with E-state index in [1.807, 2.05) is 0 Å². The van der Waals surface area contributed by atoms with Crippen LogP contribution in [0.2, 0.25) is 0 Å². The van der Waals surface area contributed by atoms with Crippen LogP contribution in [0.15, 0.2) is 0 Å². The van der Waals surface area contributed by atoms with Crippen molar-refractivity contribution in [1.29, 1.82) is 0 Å². The van der Waals surface area contributed by atoms with Gasteiger partial charge in [0, 0.05) is 18.6 Å². The molecule has 0 aromatic heterocycles. The third kappa shape index (κ3) is 24.5. The molecule has 0 aliphatic carbocycles. The predicted molar refractivity (Wildman–Crippen MR) is 54.6 cm³/mol. The molecule has 13 heavy (non-hydrogen) atoms. The summed E-state index contributed by atoms with van der Waals surface area (Å²) in [4.78, 5) is 24.5. The molecule has 0 aliphatic rings. The zero-order chi connectivity index (χ0) is 10.7. The molecule has 0 saturated heterocycles. The van der Waals surface area contributed by atoms with Gasteiger partial charge in [-0.15, -0.1) is 0 Å². The zero-order valence-electron chi connectivity index (χ0n) is 8.08. The summed E-state index contributed by atoms with van der Waals surface area (Å²) in [6.07, 6.45) is 0.796. The molecule has 0 unspecified atom stereocenters. The van der Waals surface area contributed by atoms with E-state index in [2.05, 4.69) is 23.4 Å². The maximum atomic E-state index is 10.2. The predicted octanol–water partition coefficient (Wildman–Crippen LogP) is 0.751. The van der Waals surface area contributed by atoms with Crippen molar-refractivity contribution in [3.8, 4) is 0 Å². The van der Waals surface area contributed by atoms with E-state index in [0.717, 1.165) is 0 Å². The van der Waals surface area contributed by atoms with Crippen LogP contribution in [-0.2, 0) is 14.4 Å². The molecule has 78 valence electrons. The molecule has 4 nitrogen and oxygen atoms in total. The van der Waals surface area contributed by atoms with Crippen molar-refractivity contribution in [2.45, 2.75) is 26.7 Å². The number of ketones is 2. The van der Waals surface area contributed by atoms with Gasteiger partial charge in [0.05, 0.1) is 6.61 Å². The molecule has 0 atom stereocenters. The van der Waals surface area contributed by atoms with Crippen LogP contribution >= 0.6 is 12.6 Å². The molecule has 0 bridgehead atoms. The largest absolute Gasteiger partial charge is 0.304 e. The van der Waals surface area contributed by atoms with E-state index in [0.29, 0.717) is 25.2 Å². The quantitative estimate of drug-likeness (QED) is 0.515. The SMILES string of the molecule is CC(=O)CCC(C)=O.NOCCS. The summed E-state index contributed by atoms with van der Waals surface area (Å²) in [5.41, 5.74) is 0. The molecule has 0 aromatic carbocycles. The number of carbonyl (C=O) groups is 2. The fourth-order valence-electron chi connectivity index (χ4n) is 0.405. The summed E-state index contributed by atoms with van der Waals surface area (Å²) < 4.78 is 0. The Morgan fingerprint density at radius 3 is 1.69 bits per heavy atom. The average molecular weight is 207 g/mol. The highest BCUT2D eigenvalue weighted by atomic mass is 32.1. The lowest BCUT2D eigenvalue weighted by Gasteiger charge is -1.86. The van der Waals surface area contributed by atoms with Crippen molar-refractivity contribution in [3.63, 3.8) is 0 Å². The van der Waals surface area contributed by atoms with Crippen LogP contribution in [0.5, 0.6) is 0 Å². The number of Topliss-reactive ketones (excluding diaryl/α,β-unsaturated/α-hetero) is 2. The maximum Gasteiger partial charge on any atom is 0.130 e. The van der Waals surface area contributed by atoms with Gasteiger partial charge in [0.1, 0.15) is 11.6 Å². The minimum atomic E-state index is 0.0835. The van der Waals surface area contributed by atoms with Crippen molar-refractivity contribution in [1.82, 2.24) is 0 Å². The summed E-state index contributed by atoms with van der Waals surface area (Å²) in [5.74, 6) is 5.45. The number of rotatable bonds is 5. The minimum Gasteiger partial charge on any atom is -0.304 e. The number of hydrogen-bond donors (Lipinski definition) is 2. The van der Waals surface area contributed by atoms with E-state index in [1.54, 1.807) is 0 Å². The second-order valence-electron chi connectivity index (χ2n) is 2.50. The summed E-state index contributed by atoms with van der Waals surface area (Å²) in [5, 5.41) is 0. The Morgan fingerprint density at radius 1 is 1.23 bits per heavy atom. The molecule has 2 N–H and O–H groups in total. The summed E-state index contributed by atoms with van der Waals surface area (Å²) >= 11 is 3.80. The Bertz CT molecular complexity index is 134. The van der Waals surface area contributed by atoms with E-state index in [4.69, 9.17) is 0 Å². The molecule has 0 saturated carbocycles. The first-order valence-electron chi connectivity index (χ1n) is 3.96. The van der Waals surface area contributed by atoms with Crippen molar-refractivity contribution >= 4 is 24.2 Å². The van der Waals surface area contributed by atoms with Crippen molar-refractivity contribution in [2.24, 2.45) is 5.90 Å². The lowest BCUT2D eigenvalue weighted by atomic mass is 10.2. The van der Waals surface area contributed by atoms with E-state index in [1.165, 1.54) is 13.8 Å². The molecular weight excluding hydrogens is 190 g/mol. The summed E-state index contributed by atoms with van der Waals surface area (Å²) in [7, 11) is 0. The molecule has 0 fully saturated rings. The zero-order valence-corrected chi connectivity index (χ0v) is 8.97. The van der Waals surface area contributed by atoms with E-state index in [-0.39, 0.29) is 11.6 Å². The Balaban J connectivity index is 0. The lowest BCUT2D eigenvalue weighted by Crippen LogP contribution is -2.00. The molecule has 0 amide bonds. The van der Waals surface area contributed by atoms with Gasteiger partial charge in [-0.05, 0) is 13.8 Å². The Labute approximate surface area is 84.2 Å². The highest BCUT2D eigenvalue weighted by Gasteiger charge is 1.95. The van der Waals surface area contributed by atoms with Gasteiger partial charge >= 0.3 is 0 Å². The van der Waals surface area contributed by atoms with Gasteiger partial charge in [-0.2, -0.15) is 12.6 Å². The summed E-state index contributed by atoms with van der Waals surface area (Å²) in [6, 6.07) is 0. The third-order valence-corrected chi connectivity index (χ3v) is 1.22. The monoisotopic (exact) mass is 207 g/mol. The topological polar surface area (TPSA) is 69.4 Å². The molecule has 0 aliphatic heterocycles. The first-order valence-corrected chi connectivity index (χ1v) is 4.59. The fraction of sp³-hybridized carbons (Fsp3) is 0.750. The number of carbonyl (C=O) groups excluding carboxylic acids is 2. The van der Waals surface area contributed by atoms with Crippen LogP contribution in [-0.4, -0.2) is 23.9 Å². The molecular formula is C8H17NO3S. The second kappa shape index (κ2) is 11.6. The molecule has 5 heteroatoms. The van der Waals surface area contributed by atoms with E-state index >= 15 is 0 Å². The van der Waals surface area contributed by atoms with Gasteiger partial charge in [0.15, 0.2) is 0 Å². The standard InChI is InChI=1S/C6H10O2.C2H7NOS/c1-5(7)3-4-6(2)8;3-4-1-2-5/h3-4H2,1-2H3;5H,1-3H2. The van der Waals surface area contributed by atoms with Crippen molar-refractivity contribution in [2.75, 3.05) is 12.4 Å². The number of nitrogens with two attached hydrogens (primary N) is 1. The molecule has 0 rings (SSSR count). The van der Waals surface area contributed by atoms with Crippen LogP contribution in [0, 0.1) is 0 Å². The van der Waals surface area contributed by atoms with Gasteiger partial charge in [0.2, 0.25) is 0 Å². The fourth-order valence-corrected chi connectivity index (χ4v) is 0.510. The molecule has 0 aromatic rings. The van der Waals surface area contributed by atoms with Crippen LogP contribution in [0.1, 0.15) is 26.7 Å². The van der Waals surface area contributed by atoms with E-state index < -0.39 is 0 Å². The minimum absolute atomic E-state index is 0.0835. The first kappa shape index (κ1) is 15.1. The highest BCUT2D eigenvalue weighted by molar-refractivity contribution is 7.80. The smallest absolute Gasteiger partial charge is 0.130 e. The molecule has 0 radical (unpaired) electrons.